The highest BCUT2D eigenvalue weighted by Gasteiger charge is 2.21. The van der Waals surface area contributed by atoms with E-state index in [1.54, 1.807) is 12.1 Å². The smallest absolute Gasteiger partial charge is 0.184 e. The van der Waals surface area contributed by atoms with Crippen LogP contribution in [0.3, 0.4) is 0 Å². The third-order valence-corrected chi connectivity index (χ3v) is 3.37. The van der Waals surface area contributed by atoms with Gasteiger partial charge in [0.15, 0.2) is 5.78 Å². The van der Waals surface area contributed by atoms with E-state index in [1.807, 2.05) is 43.3 Å². The highest BCUT2D eigenvalue weighted by Crippen LogP contribution is 2.23. The lowest BCUT2D eigenvalue weighted by Gasteiger charge is -2.09. The molecule has 0 fully saturated rings. The van der Waals surface area contributed by atoms with Crippen LogP contribution >= 0.6 is 15.9 Å². The van der Waals surface area contributed by atoms with E-state index in [0.29, 0.717) is 11.1 Å². The Balaban J connectivity index is 2.38. The summed E-state index contributed by atoms with van der Waals surface area (Å²) in [5.41, 5.74) is 2.30. The molecule has 94 valence electrons. The molecule has 0 radical (unpaired) electrons. The van der Waals surface area contributed by atoms with E-state index in [-0.39, 0.29) is 5.78 Å². The van der Waals surface area contributed by atoms with Crippen LogP contribution in [0.5, 0.6) is 0 Å². The number of nitriles is 1. The molecule has 2 rings (SSSR count). The monoisotopic (exact) mass is 313 g/mol. The molecule has 3 heteroatoms. The van der Waals surface area contributed by atoms with E-state index in [2.05, 4.69) is 22.0 Å². The molecule has 0 amide bonds. The molecular formula is C16H12BrNO. The summed E-state index contributed by atoms with van der Waals surface area (Å²) < 4.78 is 0.863. The fourth-order valence-corrected chi connectivity index (χ4v) is 2.35. The number of hydrogen-bond acceptors (Lipinski definition) is 2. The lowest BCUT2D eigenvalue weighted by atomic mass is 9.91. The number of hydrogen-bond donors (Lipinski definition) is 0. The van der Waals surface area contributed by atoms with Gasteiger partial charge in [-0.3, -0.25) is 4.79 Å². The first-order valence-corrected chi connectivity index (χ1v) is 6.67. The summed E-state index contributed by atoms with van der Waals surface area (Å²) in [6.07, 6.45) is 0. The van der Waals surface area contributed by atoms with Crippen molar-refractivity contribution in [2.45, 2.75) is 12.8 Å². The minimum Gasteiger partial charge on any atom is -0.292 e. The molecule has 1 atom stereocenters. The molecule has 0 saturated heterocycles. The molecule has 2 aromatic carbocycles. The number of nitrogens with zero attached hydrogens (tertiary/aromatic N) is 1. The first kappa shape index (κ1) is 13.5. The Morgan fingerprint density at radius 1 is 1.21 bits per heavy atom. The van der Waals surface area contributed by atoms with Crippen molar-refractivity contribution in [2.24, 2.45) is 0 Å². The number of Topliss-reactive ketones (excluding diaryl/α,β-unsaturated/α-hetero) is 1. The fraction of sp³-hybridized carbons (Fsp3) is 0.125. The maximum atomic E-state index is 12.4. The maximum absolute atomic E-state index is 12.4. The van der Waals surface area contributed by atoms with Crippen LogP contribution in [0, 0.1) is 18.3 Å². The van der Waals surface area contributed by atoms with Crippen molar-refractivity contribution in [3.05, 3.63) is 69.7 Å². The second-order valence-corrected chi connectivity index (χ2v) is 5.27. The molecule has 0 spiro atoms. The van der Waals surface area contributed by atoms with Crippen molar-refractivity contribution in [1.29, 1.82) is 5.26 Å². The maximum Gasteiger partial charge on any atom is 0.184 e. The van der Waals surface area contributed by atoms with Gasteiger partial charge in [-0.25, -0.2) is 0 Å². The molecule has 0 aliphatic rings. The zero-order chi connectivity index (χ0) is 13.8. The number of ketones is 1. The summed E-state index contributed by atoms with van der Waals surface area (Å²) in [6, 6.07) is 16.7. The van der Waals surface area contributed by atoms with E-state index >= 15 is 0 Å². The predicted octanol–water partition coefficient (Wildman–Crippen LogP) is 4.25. The van der Waals surface area contributed by atoms with Gasteiger partial charge < -0.3 is 0 Å². The summed E-state index contributed by atoms with van der Waals surface area (Å²) in [6.45, 7) is 1.93. The second kappa shape index (κ2) is 5.81. The van der Waals surface area contributed by atoms with Gasteiger partial charge in [0, 0.05) is 10.0 Å². The molecule has 0 bridgehead atoms. The lowest BCUT2D eigenvalue weighted by Crippen LogP contribution is -2.11. The molecule has 0 aromatic heterocycles. The Hall–Kier alpha value is -1.92. The van der Waals surface area contributed by atoms with Gasteiger partial charge in [0.2, 0.25) is 0 Å². The molecule has 0 aliphatic heterocycles. The van der Waals surface area contributed by atoms with Crippen LogP contribution in [0.1, 0.15) is 27.4 Å². The van der Waals surface area contributed by atoms with Gasteiger partial charge in [0.1, 0.15) is 5.92 Å². The number of aryl methyl sites for hydroxylation is 1. The van der Waals surface area contributed by atoms with Gasteiger partial charge in [0.05, 0.1) is 6.07 Å². The molecule has 0 heterocycles. The van der Waals surface area contributed by atoms with Crippen molar-refractivity contribution in [2.75, 3.05) is 0 Å². The van der Waals surface area contributed by atoms with Gasteiger partial charge in [-0.15, -0.1) is 0 Å². The van der Waals surface area contributed by atoms with Gasteiger partial charge in [-0.2, -0.15) is 5.26 Å². The summed E-state index contributed by atoms with van der Waals surface area (Å²) in [5.74, 6) is -0.927. The first-order chi connectivity index (χ1) is 9.11. The third kappa shape index (κ3) is 3.10. The summed E-state index contributed by atoms with van der Waals surface area (Å²) in [7, 11) is 0. The largest absolute Gasteiger partial charge is 0.292 e. The first-order valence-electron chi connectivity index (χ1n) is 5.88. The van der Waals surface area contributed by atoms with Crippen LogP contribution in [-0.4, -0.2) is 5.78 Å². The standard InChI is InChI=1S/C16H12BrNO/c1-11-4-2-6-13(8-11)16(19)15(10-18)12-5-3-7-14(17)9-12/h2-9,15H,1H3. The third-order valence-electron chi connectivity index (χ3n) is 2.88. The van der Waals surface area contributed by atoms with Crippen molar-refractivity contribution in [1.82, 2.24) is 0 Å². The van der Waals surface area contributed by atoms with Gasteiger partial charge in [0.25, 0.3) is 0 Å². The van der Waals surface area contributed by atoms with Crippen molar-refractivity contribution >= 4 is 21.7 Å². The summed E-state index contributed by atoms with van der Waals surface area (Å²) >= 11 is 3.36. The Morgan fingerprint density at radius 2 is 1.95 bits per heavy atom. The molecule has 1 unspecified atom stereocenters. The van der Waals surface area contributed by atoms with Crippen LogP contribution < -0.4 is 0 Å². The Kier molecular flexibility index (Phi) is 4.13. The lowest BCUT2D eigenvalue weighted by molar-refractivity contribution is 0.0979. The van der Waals surface area contributed by atoms with Crippen LogP contribution in [0.15, 0.2) is 53.0 Å². The molecule has 0 saturated carbocycles. The molecule has 2 nitrogen and oxygen atoms in total. The van der Waals surface area contributed by atoms with Crippen molar-refractivity contribution < 1.29 is 4.79 Å². The zero-order valence-electron chi connectivity index (χ0n) is 10.4. The second-order valence-electron chi connectivity index (χ2n) is 4.35. The van der Waals surface area contributed by atoms with Crippen LogP contribution in [-0.2, 0) is 0 Å². The van der Waals surface area contributed by atoms with Crippen LogP contribution in [0.25, 0.3) is 0 Å². The number of halogens is 1. The number of rotatable bonds is 3. The highest BCUT2D eigenvalue weighted by molar-refractivity contribution is 9.10. The average molecular weight is 314 g/mol. The number of benzene rings is 2. The Morgan fingerprint density at radius 3 is 2.58 bits per heavy atom. The number of carbonyl (C=O) groups is 1. The number of carbonyl (C=O) groups excluding carboxylic acids is 1. The summed E-state index contributed by atoms with van der Waals surface area (Å²) in [4.78, 5) is 12.4. The average Bonchev–Trinajstić information content (AvgIpc) is 2.39. The topological polar surface area (TPSA) is 40.9 Å². The normalized spacial score (nSPS) is 11.6. The SMILES string of the molecule is Cc1cccc(C(=O)C(C#N)c2cccc(Br)c2)c1. The predicted molar refractivity (Wildman–Crippen MR) is 78.0 cm³/mol. The van der Waals surface area contributed by atoms with Crippen LogP contribution in [0.2, 0.25) is 0 Å². The van der Waals surface area contributed by atoms with Crippen LogP contribution in [0.4, 0.5) is 0 Å². The minimum absolute atomic E-state index is 0.163. The van der Waals surface area contributed by atoms with E-state index in [9.17, 15) is 10.1 Å². The van der Waals surface area contributed by atoms with E-state index in [1.165, 1.54) is 0 Å². The van der Waals surface area contributed by atoms with E-state index in [4.69, 9.17) is 0 Å². The Bertz CT molecular complexity index is 658. The van der Waals surface area contributed by atoms with Gasteiger partial charge in [-0.1, -0.05) is 51.8 Å². The quantitative estimate of drug-likeness (QED) is 0.795. The van der Waals surface area contributed by atoms with Gasteiger partial charge in [-0.05, 0) is 30.7 Å². The zero-order valence-corrected chi connectivity index (χ0v) is 12.0. The fourth-order valence-electron chi connectivity index (χ4n) is 1.94. The molecule has 0 aliphatic carbocycles. The van der Waals surface area contributed by atoms with Gasteiger partial charge >= 0.3 is 0 Å². The molecular weight excluding hydrogens is 302 g/mol. The highest BCUT2D eigenvalue weighted by atomic mass is 79.9. The van der Waals surface area contributed by atoms with Crippen molar-refractivity contribution in [3.8, 4) is 6.07 Å². The summed E-state index contributed by atoms with van der Waals surface area (Å²) in [5, 5.41) is 9.29. The minimum atomic E-state index is -0.765. The van der Waals surface area contributed by atoms with E-state index < -0.39 is 5.92 Å². The Labute approximate surface area is 120 Å². The molecule has 2 aromatic rings. The van der Waals surface area contributed by atoms with Crippen molar-refractivity contribution in [3.63, 3.8) is 0 Å². The van der Waals surface area contributed by atoms with E-state index in [0.717, 1.165) is 10.0 Å². The molecule has 19 heavy (non-hydrogen) atoms. The molecule has 0 N–H and O–H groups in total.